The van der Waals surface area contributed by atoms with E-state index in [0.29, 0.717) is 36.0 Å². The predicted molar refractivity (Wildman–Crippen MR) is 134 cm³/mol. The highest BCUT2D eigenvalue weighted by atomic mass is 16.6. The molecule has 208 valence electrons. The summed E-state index contributed by atoms with van der Waals surface area (Å²) in [6.07, 6.45) is 1.92. The van der Waals surface area contributed by atoms with E-state index < -0.39 is 40.6 Å². The highest BCUT2D eigenvalue weighted by Gasteiger charge is 2.67. The first-order chi connectivity index (χ1) is 18.1. The van der Waals surface area contributed by atoms with E-state index in [1.165, 1.54) is 0 Å². The minimum absolute atomic E-state index is 0.00236. The molecule has 0 aromatic heterocycles. The molecule has 0 bridgehead atoms. The van der Waals surface area contributed by atoms with Crippen LogP contribution in [0.25, 0.3) is 0 Å². The fourth-order valence-corrected chi connectivity index (χ4v) is 7.32. The molecule has 9 heteroatoms. The van der Waals surface area contributed by atoms with Crippen LogP contribution in [0.4, 0.5) is 0 Å². The van der Waals surface area contributed by atoms with Gasteiger partial charge in [0.15, 0.2) is 16.6 Å². The second-order valence-corrected chi connectivity index (χ2v) is 10.6. The van der Waals surface area contributed by atoms with Gasteiger partial charge in [0.1, 0.15) is 0 Å². The number of rotatable bonds is 8. The quantitative estimate of drug-likeness (QED) is 0.263. The second-order valence-electron chi connectivity index (χ2n) is 10.6. The maximum absolute atomic E-state index is 13.9. The van der Waals surface area contributed by atoms with Crippen molar-refractivity contribution in [3.63, 3.8) is 0 Å². The summed E-state index contributed by atoms with van der Waals surface area (Å²) >= 11 is 0. The average molecular weight is 531 g/mol. The van der Waals surface area contributed by atoms with Crippen molar-refractivity contribution in [2.24, 2.45) is 28.6 Å². The van der Waals surface area contributed by atoms with E-state index in [0.717, 1.165) is 5.57 Å². The SMILES string of the molecule is CCOC(=O)C1(C(=O)OCC)CC2=C(C)C(=O)[C@@H]3CCC[C@H]4[C@@H]3C(=C2C1)CC4(C(=O)OCC)C(=O)OCC. The molecule has 0 radical (unpaired) electrons. The van der Waals surface area contributed by atoms with Gasteiger partial charge in [-0.2, -0.15) is 0 Å². The van der Waals surface area contributed by atoms with Gasteiger partial charge in [-0.05, 0) is 88.9 Å². The zero-order chi connectivity index (χ0) is 27.8. The van der Waals surface area contributed by atoms with Crippen LogP contribution < -0.4 is 0 Å². The summed E-state index contributed by atoms with van der Waals surface area (Å²) < 4.78 is 21.6. The van der Waals surface area contributed by atoms with Gasteiger partial charge in [0.25, 0.3) is 0 Å². The van der Waals surface area contributed by atoms with Gasteiger partial charge in [0.05, 0.1) is 26.4 Å². The second kappa shape index (κ2) is 10.7. The Hall–Kier alpha value is -2.97. The number of hydrogen-bond acceptors (Lipinski definition) is 9. The molecule has 9 nitrogen and oxygen atoms in total. The Kier molecular flexibility index (Phi) is 7.86. The molecule has 4 aliphatic carbocycles. The third kappa shape index (κ3) is 4.00. The molecule has 0 aliphatic heterocycles. The number of fused-ring (bicyclic) bond motifs is 1. The van der Waals surface area contributed by atoms with E-state index in [1.807, 2.05) is 0 Å². The van der Waals surface area contributed by atoms with Crippen LogP contribution in [-0.4, -0.2) is 56.1 Å². The number of ether oxygens (including phenoxy) is 4. The van der Waals surface area contributed by atoms with Crippen LogP contribution in [0.15, 0.2) is 22.3 Å². The highest BCUT2D eigenvalue weighted by Crippen LogP contribution is 2.64. The number of ketones is 1. The van der Waals surface area contributed by atoms with Gasteiger partial charge < -0.3 is 18.9 Å². The van der Waals surface area contributed by atoms with Crippen molar-refractivity contribution in [2.45, 2.75) is 73.1 Å². The minimum Gasteiger partial charge on any atom is -0.465 e. The monoisotopic (exact) mass is 530 g/mol. The lowest BCUT2D eigenvalue weighted by Crippen LogP contribution is -2.48. The Morgan fingerprint density at radius 2 is 1.24 bits per heavy atom. The summed E-state index contributed by atoms with van der Waals surface area (Å²) in [6.45, 7) is 8.84. The lowest BCUT2D eigenvalue weighted by Gasteiger charge is -2.38. The maximum Gasteiger partial charge on any atom is 0.324 e. The molecule has 0 heterocycles. The number of esters is 4. The van der Waals surface area contributed by atoms with Crippen molar-refractivity contribution in [3.05, 3.63) is 22.3 Å². The van der Waals surface area contributed by atoms with E-state index in [1.54, 1.807) is 34.6 Å². The topological polar surface area (TPSA) is 122 Å². The van der Waals surface area contributed by atoms with Crippen molar-refractivity contribution in [1.29, 1.82) is 0 Å². The van der Waals surface area contributed by atoms with Gasteiger partial charge in [0, 0.05) is 12.3 Å². The molecule has 0 aromatic rings. The fraction of sp³-hybridized carbons (Fsp3) is 0.690. The first-order valence-corrected chi connectivity index (χ1v) is 13.8. The maximum atomic E-state index is 13.9. The van der Waals surface area contributed by atoms with Crippen LogP contribution in [0.5, 0.6) is 0 Å². The Morgan fingerprint density at radius 1 is 0.737 bits per heavy atom. The molecule has 4 rings (SSSR count). The lowest BCUT2D eigenvalue weighted by molar-refractivity contribution is -0.177. The summed E-state index contributed by atoms with van der Waals surface area (Å²) in [6, 6.07) is 0. The summed E-state index contributed by atoms with van der Waals surface area (Å²) in [5.41, 5.74) is -0.554. The molecule has 38 heavy (non-hydrogen) atoms. The third-order valence-corrected chi connectivity index (χ3v) is 8.88. The molecule has 3 saturated carbocycles. The van der Waals surface area contributed by atoms with Crippen LogP contribution >= 0.6 is 0 Å². The smallest absolute Gasteiger partial charge is 0.324 e. The van der Waals surface area contributed by atoms with Gasteiger partial charge in [-0.1, -0.05) is 12.0 Å². The van der Waals surface area contributed by atoms with Gasteiger partial charge >= 0.3 is 23.9 Å². The molecule has 0 unspecified atom stereocenters. The summed E-state index contributed by atoms with van der Waals surface area (Å²) in [7, 11) is 0. The Labute approximate surface area is 223 Å². The van der Waals surface area contributed by atoms with Crippen LogP contribution in [0.1, 0.15) is 73.1 Å². The van der Waals surface area contributed by atoms with Crippen LogP contribution in [0, 0.1) is 28.6 Å². The number of allylic oxidation sites excluding steroid dienone is 4. The van der Waals surface area contributed by atoms with Gasteiger partial charge in [-0.15, -0.1) is 0 Å². The van der Waals surface area contributed by atoms with Crippen LogP contribution in [-0.2, 0) is 42.9 Å². The Morgan fingerprint density at radius 3 is 1.76 bits per heavy atom. The number of hydrogen-bond donors (Lipinski definition) is 0. The molecule has 0 spiro atoms. The minimum atomic E-state index is -1.62. The molecule has 0 saturated heterocycles. The summed E-state index contributed by atoms with van der Waals surface area (Å²) in [5, 5.41) is 0. The molecule has 0 amide bonds. The summed E-state index contributed by atoms with van der Waals surface area (Å²) in [5.74, 6) is -3.96. The Bertz CT molecular complexity index is 1080. The zero-order valence-corrected chi connectivity index (χ0v) is 23.0. The van der Waals surface area contributed by atoms with Gasteiger partial charge in [0.2, 0.25) is 0 Å². The van der Waals surface area contributed by atoms with Crippen molar-refractivity contribution < 1.29 is 42.9 Å². The standard InChI is InChI=1S/C29H38O9/c1-6-35-24(31)28(25(32)36-7-2)13-18-16(5)23(30)17-11-10-12-21-22(17)20(19(18)14-28)15-29(21,26(33)37-8-3)27(34)38-9-4/h17,21-22H,6-15H2,1-5H3/t17-,21+,22+/m1/s1. The van der Waals surface area contributed by atoms with Gasteiger partial charge in [-0.25, -0.2) is 0 Å². The first-order valence-electron chi connectivity index (χ1n) is 13.8. The zero-order valence-electron chi connectivity index (χ0n) is 23.0. The lowest BCUT2D eigenvalue weighted by atomic mass is 9.64. The van der Waals surface area contributed by atoms with E-state index >= 15 is 0 Å². The van der Waals surface area contributed by atoms with Crippen LogP contribution in [0.2, 0.25) is 0 Å². The number of Topliss-reactive ketones (excluding diaryl/α,β-unsaturated/α-hetero) is 1. The molecular formula is C29H38O9. The number of carbonyl (C=O) groups excluding carboxylic acids is 5. The summed E-state index contributed by atoms with van der Waals surface area (Å²) in [4.78, 5) is 67.6. The van der Waals surface area contributed by atoms with E-state index in [4.69, 9.17) is 18.9 Å². The highest BCUT2D eigenvalue weighted by molar-refractivity contribution is 6.06. The molecule has 0 aromatic carbocycles. The fourth-order valence-electron chi connectivity index (χ4n) is 7.32. The molecule has 4 aliphatic rings. The predicted octanol–water partition coefficient (Wildman–Crippen LogP) is 3.64. The van der Waals surface area contributed by atoms with E-state index in [-0.39, 0.29) is 63.3 Å². The van der Waals surface area contributed by atoms with Crippen molar-refractivity contribution in [2.75, 3.05) is 26.4 Å². The van der Waals surface area contributed by atoms with Crippen molar-refractivity contribution in [3.8, 4) is 0 Å². The first kappa shape index (κ1) is 28.0. The molecule has 3 fully saturated rings. The number of carbonyl (C=O) groups is 5. The van der Waals surface area contributed by atoms with Gasteiger partial charge in [-0.3, -0.25) is 24.0 Å². The van der Waals surface area contributed by atoms with Crippen molar-refractivity contribution >= 4 is 29.7 Å². The van der Waals surface area contributed by atoms with Crippen molar-refractivity contribution in [1.82, 2.24) is 0 Å². The molecule has 3 atom stereocenters. The van der Waals surface area contributed by atoms with E-state index in [9.17, 15) is 24.0 Å². The normalized spacial score (nSPS) is 26.8. The molecular weight excluding hydrogens is 492 g/mol. The van der Waals surface area contributed by atoms with Crippen LogP contribution in [0.3, 0.4) is 0 Å². The molecule has 0 N–H and O–H groups in total. The van der Waals surface area contributed by atoms with E-state index in [2.05, 4.69) is 0 Å². The Balaban J connectivity index is 1.96. The third-order valence-electron chi connectivity index (χ3n) is 8.88. The average Bonchev–Trinajstić information content (AvgIpc) is 3.45. The largest absolute Gasteiger partial charge is 0.465 e.